The first-order chi connectivity index (χ1) is 14.0. The summed E-state index contributed by atoms with van der Waals surface area (Å²) in [5.74, 6) is -0.256. The maximum atomic E-state index is 13.3. The second kappa shape index (κ2) is 7.87. The SMILES string of the molecule is Nc1nc(OCCc2cccc(F)c2)nc2c1ncn2[C@@H]1O[C@H](CO)[C@@H](O)[C@H]1O. The summed E-state index contributed by atoms with van der Waals surface area (Å²) in [5, 5.41) is 29.5. The first-order valence-electron chi connectivity index (χ1n) is 8.97. The number of nitrogens with zero attached hydrogens (tertiary/aromatic N) is 4. The predicted molar refractivity (Wildman–Crippen MR) is 98.3 cm³/mol. The van der Waals surface area contributed by atoms with Crippen molar-refractivity contribution in [3.05, 3.63) is 42.0 Å². The van der Waals surface area contributed by atoms with E-state index >= 15 is 0 Å². The average molecular weight is 405 g/mol. The average Bonchev–Trinajstić information content (AvgIpc) is 3.24. The van der Waals surface area contributed by atoms with Gasteiger partial charge in [-0.2, -0.15) is 9.97 Å². The fourth-order valence-electron chi connectivity index (χ4n) is 3.23. The second-order valence-electron chi connectivity index (χ2n) is 6.67. The van der Waals surface area contributed by atoms with Gasteiger partial charge in [0.2, 0.25) is 0 Å². The number of nitrogen functional groups attached to an aromatic ring is 1. The van der Waals surface area contributed by atoms with Crippen LogP contribution in [0.2, 0.25) is 0 Å². The minimum absolute atomic E-state index is 0.0140. The minimum Gasteiger partial charge on any atom is -0.463 e. The lowest BCUT2D eigenvalue weighted by atomic mass is 10.1. The van der Waals surface area contributed by atoms with E-state index in [4.69, 9.17) is 15.2 Å². The topological polar surface area (TPSA) is 149 Å². The molecule has 0 aliphatic carbocycles. The summed E-state index contributed by atoms with van der Waals surface area (Å²) in [4.78, 5) is 12.5. The van der Waals surface area contributed by atoms with E-state index in [9.17, 15) is 19.7 Å². The smallest absolute Gasteiger partial charge is 0.320 e. The number of halogens is 1. The van der Waals surface area contributed by atoms with Crippen LogP contribution in [0.4, 0.5) is 10.2 Å². The Balaban J connectivity index is 1.55. The Morgan fingerprint density at radius 2 is 2.07 bits per heavy atom. The fourth-order valence-corrected chi connectivity index (χ4v) is 3.23. The van der Waals surface area contributed by atoms with Crippen molar-refractivity contribution in [1.29, 1.82) is 0 Å². The number of nitrogens with two attached hydrogens (primary N) is 1. The molecule has 0 bridgehead atoms. The van der Waals surface area contributed by atoms with Crippen LogP contribution in [-0.2, 0) is 11.2 Å². The number of anilines is 1. The van der Waals surface area contributed by atoms with Crippen LogP contribution < -0.4 is 10.5 Å². The molecule has 2 aromatic heterocycles. The number of rotatable bonds is 6. The van der Waals surface area contributed by atoms with E-state index in [1.165, 1.54) is 23.0 Å². The number of hydrogen-bond donors (Lipinski definition) is 4. The largest absolute Gasteiger partial charge is 0.463 e. The molecule has 11 heteroatoms. The van der Waals surface area contributed by atoms with Crippen LogP contribution in [0.3, 0.4) is 0 Å². The van der Waals surface area contributed by atoms with Gasteiger partial charge in [-0.05, 0) is 17.7 Å². The first kappa shape index (κ1) is 19.5. The van der Waals surface area contributed by atoms with Gasteiger partial charge in [0.15, 0.2) is 23.2 Å². The molecular formula is C18H20FN5O5. The van der Waals surface area contributed by atoms with Gasteiger partial charge in [-0.3, -0.25) is 4.57 Å². The first-order valence-corrected chi connectivity index (χ1v) is 8.97. The normalized spacial score (nSPS) is 24.3. The van der Waals surface area contributed by atoms with Gasteiger partial charge in [-0.15, -0.1) is 0 Å². The summed E-state index contributed by atoms with van der Waals surface area (Å²) in [5.41, 5.74) is 7.22. The van der Waals surface area contributed by atoms with Crippen molar-refractivity contribution in [3.8, 4) is 6.01 Å². The maximum Gasteiger partial charge on any atom is 0.320 e. The van der Waals surface area contributed by atoms with Crippen LogP contribution in [0.1, 0.15) is 11.8 Å². The Hall–Kier alpha value is -2.86. The zero-order chi connectivity index (χ0) is 20.5. The van der Waals surface area contributed by atoms with Gasteiger partial charge < -0.3 is 30.5 Å². The predicted octanol–water partition coefficient (Wildman–Crippen LogP) is -0.219. The number of aliphatic hydroxyl groups is 3. The molecule has 29 heavy (non-hydrogen) atoms. The molecule has 1 saturated heterocycles. The quantitative estimate of drug-likeness (QED) is 0.437. The van der Waals surface area contributed by atoms with Crippen LogP contribution >= 0.6 is 0 Å². The van der Waals surface area contributed by atoms with Crippen LogP contribution in [0.25, 0.3) is 11.2 Å². The minimum atomic E-state index is -1.29. The van der Waals surface area contributed by atoms with Crippen molar-refractivity contribution < 1.29 is 29.2 Å². The van der Waals surface area contributed by atoms with Crippen LogP contribution in [-0.4, -0.2) is 66.4 Å². The summed E-state index contributed by atoms with van der Waals surface area (Å²) in [6, 6.07) is 6.16. The molecule has 154 valence electrons. The van der Waals surface area contributed by atoms with Crippen molar-refractivity contribution in [1.82, 2.24) is 19.5 Å². The molecule has 10 nitrogen and oxygen atoms in total. The highest BCUT2D eigenvalue weighted by Crippen LogP contribution is 2.32. The second-order valence-corrected chi connectivity index (χ2v) is 6.67. The molecule has 0 saturated carbocycles. The van der Waals surface area contributed by atoms with Gasteiger partial charge in [0.05, 0.1) is 19.5 Å². The summed E-state index contributed by atoms with van der Waals surface area (Å²) in [6.07, 6.45) is -2.71. The third-order valence-electron chi connectivity index (χ3n) is 4.73. The van der Waals surface area contributed by atoms with Crippen LogP contribution in [0.5, 0.6) is 6.01 Å². The van der Waals surface area contributed by atoms with Crippen molar-refractivity contribution in [2.75, 3.05) is 18.9 Å². The van der Waals surface area contributed by atoms with Crippen LogP contribution in [0, 0.1) is 5.82 Å². The Morgan fingerprint density at radius 3 is 2.79 bits per heavy atom. The lowest BCUT2D eigenvalue weighted by Gasteiger charge is -2.16. The van der Waals surface area contributed by atoms with E-state index in [0.717, 1.165) is 5.56 Å². The van der Waals surface area contributed by atoms with E-state index in [2.05, 4.69) is 15.0 Å². The van der Waals surface area contributed by atoms with E-state index in [1.54, 1.807) is 12.1 Å². The highest BCUT2D eigenvalue weighted by Gasteiger charge is 2.44. The molecule has 4 atom stereocenters. The monoisotopic (exact) mass is 405 g/mol. The van der Waals surface area contributed by atoms with Crippen molar-refractivity contribution in [2.45, 2.75) is 31.0 Å². The standard InChI is InChI=1S/C18H20FN5O5/c19-10-3-1-2-9(6-10)4-5-28-18-22-15(20)12-16(23-18)24(8-21-12)17-14(27)13(26)11(7-25)29-17/h1-3,6,8,11,13-14,17,25-27H,4-5,7H2,(H2,20,22,23)/t11-,13-,14-,17-/m1/s1. The van der Waals surface area contributed by atoms with E-state index in [1.807, 2.05) is 0 Å². The van der Waals surface area contributed by atoms with E-state index in [-0.39, 0.29) is 35.4 Å². The third kappa shape index (κ3) is 3.72. The Bertz CT molecular complexity index is 1020. The van der Waals surface area contributed by atoms with E-state index < -0.39 is 31.1 Å². The third-order valence-corrected chi connectivity index (χ3v) is 4.73. The van der Waals surface area contributed by atoms with Crippen molar-refractivity contribution >= 4 is 17.0 Å². The number of fused-ring (bicyclic) bond motifs is 1. The van der Waals surface area contributed by atoms with Crippen LogP contribution in [0.15, 0.2) is 30.6 Å². The number of aromatic nitrogens is 4. The molecule has 0 radical (unpaired) electrons. The molecule has 0 unspecified atom stereocenters. The molecule has 1 aliphatic heterocycles. The molecule has 0 amide bonds. The number of aliphatic hydroxyl groups excluding tert-OH is 3. The summed E-state index contributed by atoms with van der Waals surface area (Å²) >= 11 is 0. The van der Waals surface area contributed by atoms with Gasteiger partial charge in [0.1, 0.15) is 24.1 Å². The molecule has 3 aromatic rings. The zero-order valence-electron chi connectivity index (χ0n) is 15.2. The molecule has 1 aromatic carbocycles. The maximum absolute atomic E-state index is 13.3. The zero-order valence-corrected chi connectivity index (χ0v) is 15.2. The number of hydrogen-bond acceptors (Lipinski definition) is 9. The molecule has 3 heterocycles. The summed E-state index contributed by atoms with van der Waals surface area (Å²) in [6.45, 7) is -0.261. The molecular weight excluding hydrogens is 385 g/mol. The molecule has 0 spiro atoms. The Kier molecular flexibility index (Phi) is 5.28. The molecule has 1 aliphatic rings. The van der Waals surface area contributed by atoms with Gasteiger partial charge in [-0.1, -0.05) is 12.1 Å². The molecule has 5 N–H and O–H groups in total. The molecule has 1 fully saturated rings. The van der Waals surface area contributed by atoms with Gasteiger partial charge in [-0.25, -0.2) is 9.37 Å². The van der Waals surface area contributed by atoms with Crippen molar-refractivity contribution in [3.63, 3.8) is 0 Å². The van der Waals surface area contributed by atoms with Gasteiger partial charge >= 0.3 is 6.01 Å². The Labute approximate surface area is 164 Å². The number of ether oxygens (including phenoxy) is 2. The number of imidazole rings is 1. The van der Waals surface area contributed by atoms with Crippen molar-refractivity contribution in [2.24, 2.45) is 0 Å². The Morgan fingerprint density at radius 1 is 1.24 bits per heavy atom. The lowest BCUT2D eigenvalue weighted by molar-refractivity contribution is -0.0511. The highest BCUT2D eigenvalue weighted by atomic mass is 19.1. The number of benzene rings is 1. The molecule has 4 rings (SSSR count). The summed E-state index contributed by atoms with van der Waals surface area (Å²) < 4.78 is 25.7. The van der Waals surface area contributed by atoms with Gasteiger partial charge in [0, 0.05) is 6.42 Å². The van der Waals surface area contributed by atoms with E-state index in [0.29, 0.717) is 6.42 Å². The lowest BCUT2D eigenvalue weighted by Crippen LogP contribution is -2.33. The fraction of sp³-hybridized carbons (Fsp3) is 0.389. The van der Waals surface area contributed by atoms with Gasteiger partial charge in [0.25, 0.3) is 0 Å². The highest BCUT2D eigenvalue weighted by molar-refractivity contribution is 5.82. The summed E-state index contributed by atoms with van der Waals surface area (Å²) in [7, 11) is 0.